The second kappa shape index (κ2) is 64.2. The standard InChI is InChI=1S/C74H130NO8P/c1-6-8-10-12-14-16-18-20-22-24-26-28-30-32-34-36-37-39-40-42-44-46-48-50-52-54-56-58-60-62-64-66-73(76)80-70-72(71-82-84(78,79)81-69-68-75(3,4)5)83-74(77)67-65-63-61-59-57-55-53-51-49-47-45-43-41-38-35-33-31-29-27-25-23-21-19-17-15-13-11-9-7-2/h9,11,15,17,21,23,27,29,33,35,41,43,47,49,53,55,59,61,72H,6-8,10,12-14,16,18-20,22,24-26,28,30-32,34,36-40,42,44-46,48,50-52,54,56-58,60,62-71H2,1-5H3/b11-9-,17-15-,23-21-,29-27-,35-33-,43-41-,49-47-,55-53-,61-59-. The number of phosphoric acid groups is 1. The number of esters is 2. The Bertz CT molecular complexity index is 1790. The molecule has 0 aliphatic carbocycles. The molecule has 0 spiro atoms. The summed E-state index contributed by atoms with van der Waals surface area (Å²) in [5, 5.41) is 0. The summed E-state index contributed by atoms with van der Waals surface area (Å²) < 4.78 is 34.2. The fraction of sp³-hybridized carbons (Fsp3) is 0.730. The van der Waals surface area contributed by atoms with E-state index in [1.807, 2.05) is 27.2 Å². The Labute approximate surface area is 518 Å². The molecule has 84 heavy (non-hydrogen) atoms. The van der Waals surface area contributed by atoms with E-state index in [1.165, 1.54) is 180 Å². The van der Waals surface area contributed by atoms with E-state index in [0.717, 1.165) is 77.0 Å². The Morgan fingerprint density at radius 3 is 1.00 bits per heavy atom. The number of carbonyl (C=O) groups excluding carboxylic acids is 2. The van der Waals surface area contributed by atoms with Crippen molar-refractivity contribution in [2.45, 2.75) is 302 Å². The normalized spacial score (nSPS) is 13.8. The molecule has 0 aromatic heterocycles. The Hall–Kier alpha value is -3.33. The Morgan fingerprint density at radius 2 is 0.679 bits per heavy atom. The van der Waals surface area contributed by atoms with Crippen LogP contribution in [0.15, 0.2) is 109 Å². The maximum absolute atomic E-state index is 12.8. The highest BCUT2D eigenvalue weighted by atomic mass is 31.2. The molecule has 0 radical (unpaired) electrons. The first-order chi connectivity index (χ1) is 41.0. The number of rotatable bonds is 63. The summed E-state index contributed by atoms with van der Waals surface area (Å²) in [6.07, 6.45) is 90.5. The highest BCUT2D eigenvalue weighted by molar-refractivity contribution is 7.45. The van der Waals surface area contributed by atoms with Gasteiger partial charge < -0.3 is 27.9 Å². The fourth-order valence-electron chi connectivity index (χ4n) is 9.54. The van der Waals surface area contributed by atoms with Gasteiger partial charge in [-0.1, -0.05) is 316 Å². The number of likely N-dealkylation sites (N-methyl/N-ethyl adjacent to an activating group) is 1. The number of phosphoric ester groups is 1. The van der Waals surface area contributed by atoms with Gasteiger partial charge in [0.1, 0.15) is 19.8 Å². The second-order valence-electron chi connectivity index (χ2n) is 24.2. The number of ether oxygens (including phenoxy) is 2. The van der Waals surface area contributed by atoms with Crippen LogP contribution < -0.4 is 4.89 Å². The lowest BCUT2D eigenvalue weighted by Crippen LogP contribution is -2.37. The average Bonchev–Trinajstić information content (AvgIpc) is 3.61. The van der Waals surface area contributed by atoms with Crippen molar-refractivity contribution >= 4 is 19.8 Å². The van der Waals surface area contributed by atoms with Crippen molar-refractivity contribution in [3.05, 3.63) is 109 Å². The van der Waals surface area contributed by atoms with E-state index in [-0.39, 0.29) is 26.1 Å². The van der Waals surface area contributed by atoms with Crippen molar-refractivity contribution in [1.29, 1.82) is 0 Å². The largest absolute Gasteiger partial charge is 0.756 e. The van der Waals surface area contributed by atoms with Gasteiger partial charge in [-0.05, 0) is 77.0 Å². The van der Waals surface area contributed by atoms with Crippen molar-refractivity contribution in [3.8, 4) is 0 Å². The molecule has 0 amide bonds. The van der Waals surface area contributed by atoms with Gasteiger partial charge in [0.05, 0.1) is 27.7 Å². The summed E-state index contributed by atoms with van der Waals surface area (Å²) in [7, 11) is 1.12. The molecule has 0 aliphatic rings. The van der Waals surface area contributed by atoms with Crippen LogP contribution in [0.5, 0.6) is 0 Å². The molecule has 0 N–H and O–H groups in total. The zero-order chi connectivity index (χ0) is 61.2. The third-order valence-corrected chi connectivity index (χ3v) is 15.8. The predicted octanol–water partition coefficient (Wildman–Crippen LogP) is 21.9. The molecule has 2 unspecified atom stereocenters. The fourth-order valence-corrected chi connectivity index (χ4v) is 10.3. The van der Waals surface area contributed by atoms with Crippen LogP contribution in [0, 0.1) is 0 Å². The number of nitrogens with zero attached hydrogens (tertiary/aromatic N) is 1. The topological polar surface area (TPSA) is 111 Å². The summed E-state index contributed by atoms with van der Waals surface area (Å²) in [6.45, 7) is 4.09. The third kappa shape index (κ3) is 67.8. The summed E-state index contributed by atoms with van der Waals surface area (Å²) in [4.78, 5) is 38.0. The molecule has 0 rings (SSSR count). The third-order valence-electron chi connectivity index (χ3n) is 14.8. The van der Waals surface area contributed by atoms with Gasteiger partial charge in [0.25, 0.3) is 7.82 Å². The molecule has 0 heterocycles. The number of hydrogen-bond donors (Lipinski definition) is 0. The van der Waals surface area contributed by atoms with Gasteiger partial charge >= 0.3 is 11.9 Å². The van der Waals surface area contributed by atoms with E-state index in [1.54, 1.807) is 0 Å². The van der Waals surface area contributed by atoms with Crippen LogP contribution in [-0.2, 0) is 32.7 Å². The van der Waals surface area contributed by atoms with Gasteiger partial charge in [-0.25, -0.2) is 0 Å². The molecule has 484 valence electrons. The van der Waals surface area contributed by atoms with Gasteiger partial charge in [0.15, 0.2) is 6.10 Å². The first-order valence-corrected chi connectivity index (χ1v) is 36.1. The zero-order valence-corrected chi connectivity index (χ0v) is 56.0. The van der Waals surface area contributed by atoms with Gasteiger partial charge in [-0.3, -0.25) is 14.2 Å². The first-order valence-electron chi connectivity index (χ1n) is 34.6. The summed E-state index contributed by atoms with van der Waals surface area (Å²) in [5.74, 6) is -0.899. The molecule has 0 aliphatic heterocycles. The number of unbranched alkanes of at least 4 members (excludes halogenated alkanes) is 31. The number of quaternary nitrogens is 1. The van der Waals surface area contributed by atoms with Crippen LogP contribution in [-0.4, -0.2) is 70.0 Å². The van der Waals surface area contributed by atoms with Crippen molar-refractivity contribution < 1.29 is 42.1 Å². The molecule has 2 atom stereocenters. The lowest BCUT2D eigenvalue weighted by atomic mass is 10.0. The van der Waals surface area contributed by atoms with Crippen LogP contribution in [0.2, 0.25) is 0 Å². The van der Waals surface area contributed by atoms with Gasteiger partial charge in [-0.15, -0.1) is 0 Å². The number of allylic oxidation sites excluding steroid dienone is 18. The maximum atomic E-state index is 12.8. The van der Waals surface area contributed by atoms with Crippen LogP contribution in [0.4, 0.5) is 0 Å². The molecule has 0 fully saturated rings. The molecule has 0 aromatic carbocycles. The molecule has 10 heteroatoms. The van der Waals surface area contributed by atoms with Crippen LogP contribution in [0.25, 0.3) is 0 Å². The van der Waals surface area contributed by atoms with Gasteiger partial charge in [-0.2, -0.15) is 0 Å². The van der Waals surface area contributed by atoms with Crippen LogP contribution >= 0.6 is 7.82 Å². The van der Waals surface area contributed by atoms with E-state index in [0.29, 0.717) is 23.9 Å². The molecule has 0 bridgehead atoms. The average molecular weight is 1190 g/mol. The van der Waals surface area contributed by atoms with Crippen molar-refractivity contribution in [3.63, 3.8) is 0 Å². The quantitative estimate of drug-likeness (QED) is 0.0195. The van der Waals surface area contributed by atoms with E-state index in [4.69, 9.17) is 18.5 Å². The van der Waals surface area contributed by atoms with Gasteiger partial charge in [0, 0.05) is 12.8 Å². The molecular formula is C74H130NO8P. The highest BCUT2D eigenvalue weighted by Gasteiger charge is 2.22. The van der Waals surface area contributed by atoms with Gasteiger partial charge in [0.2, 0.25) is 0 Å². The van der Waals surface area contributed by atoms with E-state index < -0.39 is 32.5 Å². The van der Waals surface area contributed by atoms with Crippen molar-refractivity contribution in [2.24, 2.45) is 0 Å². The van der Waals surface area contributed by atoms with E-state index >= 15 is 0 Å². The summed E-state index contributed by atoms with van der Waals surface area (Å²) in [5.41, 5.74) is 0. The first kappa shape index (κ1) is 80.7. The van der Waals surface area contributed by atoms with Crippen molar-refractivity contribution in [1.82, 2.24) is 0 Å². The number of carbonyl (C=O) groups is 2. The van der Waals surface area contributed by atoms with Crippen molar-refractivity contribution in [2.75, 3.05) is 47.5 Å². The molecule has 0 aromatic rings. The lowest BCUT2D eigenvalue weighted by molar-refractivity contribution is -0.870. The molecular weight excluding hydrogens is 1060 g/mol. The highest BCUT2D eigenvalue weighted by Crippen LogP contribution is 2.38. The SMILES string of the molecule is CC/C=C\C/C=C\C/C=C\C/C=C\C/C=C\C/C=C\C/C=C\C/C=C\C/C=C\CCCC(=O)OC(COC(=O)CCCCCCCCCCCCCCCCCCCCCCCCCCCCCCCCC)COP(=O)([O-])OCC[N+](C)(C)C. The number of hydrogen-bond acceptors (Lipinski definition) is 8. The molecule has 0 saturated heterocycles. The Balaban J connectivity index is 4.15. The monoisotopic (exact) mass is 1190 g/mol. The van der Waals surface area contributed by atoms with E-state index in [2.05, 4.69) is 117 Å². The Morgan fingerprint density at radius 1 is 0.381 bits per heavy atom. The minimum atomic E-state index is -4.66. The molecule has 9 nitrogen and oxygen atoms in total. The summed E-state index contributed by atoms with van der Waals surface area (Å²) in [6, 6.07) is 0. The van der Waals surface area contributed by atoms with Crippen LogP contribution in [0.3, 0.4) is 0 Å². The predicted molar refractivity (Wildman–Crippen MR) is 360 cm³/mol. The minimum absolute atomic E-state index is 0.0461. The minimum Gasteiger partial charge on any atom is -0.756 e. The second-order valence-corrected chi connectivity index (χ2v) is 25.6. The lowest BCUT2D eigenvalue weighted by Gasteiger charge is -2.28. The zero-order valence-electron chi connectivity index (χ0n) is 55.1. The van der Waals surface area contributed by atoms with E-state index in [9.17, 15) is 19.0 Å². The molecule has 0 saturated carbocycles. The van der Waals surface area contributed by atoms with Crippen LogP contribution in [0.1, 0.15) is 296 Å². The smallest absolute Gasteiger partial charge is 0.306 e. The Kier molecular flexibility index (Phi) is 61.6. The summed E-state index contributed by atoms with van der Waals surface area (Å²) >= 11 is 0. The maximum Gasteiger partial charge on any atom is 0.306 e.